The number of rotatable bonds is 3. The SMILES string of the molecule is CC[C@@H](C(=O)N1N=C(C)C[C@]1(O)C(F)(F)F)n1cc(Cl)cn1. The van der Waals surface area contributed by atoms with Crippen molar-refractivity contribution in [1.29, 1.82) is 0 Å². The fraction of sp³-hybridized carbons (Fsp3) is 0.583. The maximum atomic E-state index is 13.1. The molecule has 2 rings (SSSR count). The van der Waals surface area contributed by atoms with Crippen molar-refractivity contribution in [2.45, 2.75) is 44.6 Å². The number of hydrogen-bond acceptors (Lipinski definition) is 4. The molecule has 1 aromatic rings. The van der Waals surface area contributed by atoms with Gasteiger partial charge >= 0.3 is 6.18 Å². The van der Waals surface area contributed by atoms with E-state index in [0.717, 1.165) is 4.68 Å². The Labute approximate surface area is 129 Å². The van der Waals surface area contributed by atoms with Crippen LogP contribution in [-0.2, 0) is 4.79 Å². The van der Waals surface area contributed by atoms with E-state index >= 15 is 0 Å². The topological polar surface area (TPSA) is 70.7 Å². The van der Waals surface area contributed by atoms with Crippen LogP contribution in [0.4, 0.5) is 13.2 Å². The summed E-state index contributed by atoms with van der Waals surface area (Å²) >= 11 is 5.71. The lowest BCUT2D eigenvalue weighted by Crippen LogP contribution is -2.57. The van der Waals surface area contributed by atoms with Crippen LogP contribution in [0.3, 0.4) is 0 Å². The predicted molar refractivity (Wildman–Crippen MR) is 72.1 cm³/mol. The number of amides is 1. The minimum Gasteiger partial charge on any atom is -0.362 e. The first kappa shape index (κ1) is 16.8. The van der Waals surface area contributed by atoms with Crippen molar-refractivity contribution in [2.75, 3.05) is 0 Å². The lowest BCUT2D eigenvalue weighted by molar-refractivity contribution is -0.303. The molecule has 0 saturated heterocycles. The van der Waals surface area contributed by atoms with Gasteiger partial charge in [-0.3, -0.25) is 9.48 Å². The Morgan fingerprint density at radius 2 is 2.23 bits per heavy atom. The molecule has 2 heterocycles. The van der Waals surface area contributed by atoms with Gasteiger partial charge in [0.05, 0.1) is 11.2 Å². The van der Waals surface area contributed by atoms with Crippen LogP contribution >= 0.6 is 11.6 Å². The van der Waals surface area contributed by atoms with Crippen molar-refractivity contribution in [3.05, 3.63) is 17.4 Å². The van der Waals surface area contributed by atoms with E-state index in [0.29, 0.717) is 0 Å². The molecule has 1 aliphatic rings. The Morgan fingerprint density at radius 3 is 2.68 bits per heavy atom. The molecule has 0 bridgehead atoms. The Morgan fingerprint density at radius 1 is 1.59 bits per heavy atom. The molecule has 10 heteroatoms. The van der Waals surface area contributed by atoms with E-state index in [1.165, 1.54) is 19.3 Å². The van der Waals surface area contributed by atoms with Crippen LogP contribution in [0.15, 0.2) is 17.5 Å². The summed E-state index contributed by atoms with van der Waals surface area (Å²) in [7, 11) is 0. The van der Waals surface area contributed by atoms with Crippen LogP contribution in [0.2, 0.25) is 5.02 Å². The third-order valence-corrected chi connectivity index (χ3v) is 3.54. The normalized spacial score (nSPS) is 23.6. The second-order valence-corrected chi connectivity index (χ2v) is 5.48. The highest BCUT2D eigenvalue weighted by Gasteiger charge is 2.63. The summed E-state index contributed by atoms with van der Waals surface area (Å²) in [6.07, 6.45) is -3.04. The predicted octanol–water partition coefficient (Wildman–Crippen LogP) is 2.35. The number of aliphatic hydroxyl groups is 1. The molecule has 1 aromatic heterocycles. The number of carbonyl (C=O) groups is 1. The standard InChI is InChI=1S/C12H14ClF3N4O2/c1-3-9(19-6-8(13)5-17-19)10(21)20-11(22,12(14,15)16)4-7(2)18-20/h5-6,9,22H,3-4H2,1-2H3/t9-,11-/m0/s1. The van der Waals surface area contributed by atoms with Crippen LogP contribution in [0, 0.1) is 0 Å². The van der Waals surface area contributed by atoms with Gasteiger partial charge in [-0.15, -0.1) is 0 Å². The number of carbonyl (C=O) groups excluding carboxylic acids is 1. The van der Waals surface area contributed by atoms with Gasteiger partial charge < -0.3 is 5.11 Å². The average Bonchev–Trinajstić information content (AvgIpc) is 2.94. The number of alkyl halides is 3. The molecule has 0 unspecified atom stereocenters. The molecule has 6 nitrogen and oxygen atoms in total. The van der Waals surface area contributed by atoms with Gasteiger partial charge in [0, 0.05) is 18.3 Å². The van der Waals surface area contributed by atoms with Crippen LogP contribution in [0.5, 0.6) is 0 Å². The Balaban J connectivity index is 2.37. The van der Waals surface area contributed by atoms with Crippen LogP contribution in [0.1, 0.15) is 32.7 Å². The maximum absolute atomic E-state index is 13.1. The molecule has 122 valence electrons. The Hall–Kier alpha value is -1.61. The van der Waals surface area contributed by atoms with Crippen molar-refractivity contribution < 1.29 is 23.1 Å². The number of hydrogen-bond donors (Lipinski definition) is 1. The zero-order valence-electron chi connectivity index (χ0n) is 11.8. The molecule has 0 aliphatic carbocycles. The van der Waals surface area contributed by atoms with E-state index in [2.05, 4.69) is 10.2 Å². The second-order valence-electron chi connectivity index (χ2n) is 5.04. The van der Waals surface area contributed by atoms with E-state index in [9.17, 15) is 23.1 Å². The second kappa shape index (κ2) is 5.54. The molecule has 0 spiro atoms. The van der Waals surface area contributed by atoms with Crippen LogP contribution < -0.4 is 0 Å². The Bertz CT molecular complexity index is 616. The molecule has 1 aliphatic heterocycles. The van der Waals surface area contributed by atoms with Gasteiger partial charge in [-0.1, -0.05) is 18.5 Å². The lowest BCUT2D eigenvalue weighted by Gasteiger charge is -2.34. The first-order valence-electron chi connectivity index (χ1n) is 6.47. The van der Waals surface area contributed by atoms with Crippen molar-refractivity contribution >= 4 is 23.2 Å². The number of hydrazone groups is 1. The monoisotopic (exact) mass is 338 g/mol. The zero-order chi connectivity index (χ0) is 16.7. The first-order valence-corrected chi connectivity index (χ1v) is 6.85. The fourth-order valence-electron chi connectivity index (χ4n) is 2.27. The van der Waals surface area contributed by atoms with Crippen molar-refractivity contribution in [3.8, 4) is 0 Å². The highest BCUT2D eigenvalue weighted by molar-refractivity contribution is 6.30. The minimum atomic E-state index is -5.02. The minimum absolute atomic E-state index is 0.0153. The van der Waals surface area contributed by atoms with Gasteiger partial charge in [0.2, 0.25) is 0 Å². The molecule has 1 N–H and O–H groups in total. The van der Waals surface area contributed by atoms with E-state index in [1.807, 2.05) is 0 Å². The van der Waals surface area contributed by atoms with Gasteiger partial charge in [-0.2, -0.15) is 28.4 Å². The van der Waals surface area contributed by atoms with E-state index in [1.54, 1.807) is 6.92 Å². The quantitative estimate of drug-likeness (QED) is 0.919. The van der Waals surface area contributed by atoms with Gasteiger partial charge in [0.1, 0.15) is 6.04 Å². The van der Waals surface area contributed by atoms with Gasteiger partial charge in [0.15, 0.2) is 0 Å². The summed E-state index contributed by atoms with van der Waals surface area (Å²) in [4.78, 5) is 12.4. The summed E-state index contributed by atoms with van der Waals surface area (Å²) in [5, 5.41) is 17.7. The van der Waals surface area contributed by atoms with Crippen molar-refractivity contribution in [3.63, 3.8) is 0 Å². The van der Waals surface area contributed by atoms with Crippen LogP contribution in [-0.4, -0.2) is 43.4 Å². The molecule has 0 radical (unpaired) electrons. The van der Waals surface area contributed by atoms with Crippen molar-refractivity contribution in [1.82, 2.24) is 14.8 Å². The summed E-state index contributed by atoms with van der Waals surface area (Å²) in [6, 6.07) is -1.05. The Kier molecular flexibility index (Phi) is 4.22. The van der Waals surface area contributed by atoms with E-state index < -0.39 is 30.3 Å². The summed E-state index contributed by atoms with van der Waals surface area (Å²) in [6.45, 7) is 2.92. The molecule has 1 amide bonds. The van der Waals surface area contributed by atoms with Gasteiger partial charge in [0.25, 0.3) is 11.6 Å². The molecule has 0 saturated carbocycles. The third-order valence-electron chi connectivity index (χ3n) is 3.35. The zero-order valence-corrected chi connectivity index (χ0v) is 12.6. The van der Waals surface area contributed by atoms with E-state index in [4.69, 9.17) is 11.6 Å². The molecular formula is C12H14ClF3N4O2. The smallest absolute Gasteiger partial charge is 0.362 e. The largest absolute Gasteiger partial charge is 0.438 e. The van der Waals surface area contributed by atoms with Crippen LogP contribution in [0.25, 0.3) is 0 Å². The van der Waals surface area contributed by atoms with Gasteiger partial charge in [-0.05, 0) is 13.3 Å². The highest BCUT2D eigenvalue weighted by Crippen LogP contribution is 2.41. The fourth-order valence-corrected chi connectivity index (χ4v) is 2.42. The number of halogens is 4. The average molecular weight is 339 g/mol. The summed E-state index contributed by atoms with van der Waals surface area (Å²) in [5.74, 6) is -1.00. The van der Waals surface area contributed by atoms with E-state index in [-0.39, 0.29) is 22.2 Å². The molecule has 0 fully saturated rings. The lowest BCUT2D eigenvalue weighted by atomic mass is 10.1. The summed E-state index contributed by atoms with van der Waals surface area (Å²) < 4.78 is 40.6. The van der Waals surface area contributed by atoms with Gasteiger partial charge in [-0.25, -0.2) is 0 Å². The molecule has 2 atom stereocenters. The molecule has 0 aromatic carbocycles. The molecule has 22 heavy (non-hydrogen) atoms. The number of nitrogens with zero attached hydrogens (tertiary/aromatic N) is 4. The first-order chi connectivity index (χ1) is 10.1. The third kappa shape index (κ3) is 2.70. The number of aromatic nitrogens is 2. The summed E-state index contributed by atoms with van der Waals surface area (Å²) in [5.41, 5.74) is -3.32. The molecular weight excluding hydrogens is 325 g/mol. The highest BCUT2D eigenvalue weighted by atomic mass is 35.5. The maximum Gasteiger partial charge on any atom is 0.438 e. The van der Waals surface area contributed by atoms with Crippen molar-refractivity contribution in [2.24, 2.45) is 5.10 Å².